The summed E-state index contributed by atoms with van der Waals surface area (Å²) >= 11 is 0. The van der Waals surface area contributed by atoms with Gasteiger partial charge in [-0.2, -0.15) is 5.10 Å². The minimum atomic E-state index is 0.0653. The molecule has 0 bridgehead atoms. The second kappa shape index (κ2) is 4.81. The lowest BCUT2D eigenvalue weighted by molar-refractivity contribution is 0.101. The highest BCUT2D eigenvalue weighted by molar-refractivity contribution is 5.92. The van der Waals surface area contributed by atoms with Gasteiger partial charge >= 0.3 is 0 Å². The van der Waals surface area contributed by atoms with Gasteiger partial charge in [-0.25, -0.2) is 0 Å². The molecule has 1 aliphatic carbocycles. The number of rotatable bonds is 2. The van der Waals surface area contributed by atoms with Crippen LogP contribution in [0.5, 0.6) is 0 Å². The molecular weight excluding hydrogens is 200 g/mol. The molecule has 0 radical (unpaired) electrons. The zero-order valence-electron chi connectivity index (χ0n) is 10.2. The van der Waals surface area contributed by atoms with Gasteiger partial charge in [-0.3, -0.25) is 9.48 Å². The van der Waals surface area contributed by atoms with Crippen LogP contribution in [-0.4, -0.2) is 15.6 Å². The Hall–Kier alpha value is -1.12. The van der Waals surface area contributed by atoms with Crippen LogP contribution in [0.4, 0.5) is 0 Å². The molecule has 3 nitrogen and oxygen atoms in total. The molecule has 1 fully saturated rings. The molecule has 1 aromatic heterocycles. The number of carbonyl (C=O) groups excluding carboxylic acids is 1. The Labute approximate surface area is 96.8 Å². The lowest BCUT2D eigenvalue weighted by atomic mass is 9.96. The van der Waals surface area contributed by atoms with Gasteiger partial charge in [-0.1, -0.05) is 25.7 Å². The van der Waals surface area contributed by atoms with Gasteiger partial charge in [0.2, 0.25) is 0 Å². The fourth-order valence-corrected chi connectivity index (χ4v) is 2.61. The Morgan fingerprint density at radius 3 is 2.44 bits per heavy atom. The summed E-state index contributed by atoms with van der Waals surface area (Å²) in [5, 5.41) is 4.28. The number of aryl methyl sites for hydroxylation is 1. The van der Waals surface area contributed by atoms with Gasteiger partial charge in [-0.05, 0) is 18.9 Å². The molecule has 0 saturated heterocycles. The van der Waals surface area contributed by atoms with Crippen molar-refractivity contribution >= 4 is 5.78 Å². The zero-order valence-corrected chi connectivity index (χ0v) is 10.2. The van der Waals surface area contributed by atoms with Crippen molar-refractivity contribution in [3.63, 3.8) is 0 Å². The number of ketones is 1. The van der Waals surface area contributed by atoms with E-state index >= 15 is 0 Å². The maximum atomic E-state index is 11.3. The molecule has 2 rings (SSSR count). The second-order valence-corrected chi connectivity index (χ2v) is 4.82. The maximum absolute atomic E-state index is 11.3. The predicted octanol–water partition coefficient (Wildman–Crippen LogP) is 3.06. The van der Waals surface area contributed by atoms with Gasteiger partial charge in [0.05, 0.1) is 0 Å². The summed E-state index contributed by atoms with van der Waals surface area (Å²) in [7, 11) is 1.95. The lowest BCUT2D eigenvalue weighted by Gasteiger charge is -2.13. The maximum Gasteiger partial charge on any atom is 0.179 e. The highest BCUT2D eigenvalue weighted by Crippen LogP contribution is 2.31. The predicted molar refractivity (Wildman–Crippen MR) is 63.7 cm³/mol. The first-order chi connectivity index (χ1) is 7.68. The molecule has 0 unspecified atom stereocenters. The third-order valence-electron chi connectivity index (χ3n) is 3.55. The van der Waals surface area contributed by atoms with Crippen LogP contribution in [0.2, 0.25) is 0 Å². The topological polar surface area (TPSA) is 34.9 Å². The summed E-state index contributed by atoms with van der Waals surface area (Å²) in [5.41, 5.74) is 1.86. The van der Waals surface area contributed by atoms with Crippen LogP contribution in [0, 0.1) is 0 Å². The van der Waals surface area contributed by atoms with E-state index in [-0.39, 0.29) is 5.78 Å². The molecule has 0 atom stereocenters. The van der Waals surface area contributed by atoms with Crippen molar-refractivity contribution in [3.8, 4) is 0 Å². The van der Waals surface area contributed by atoms with Crippen molar-refractivity contribution in [2.75, 3.05) is 0 Å². The number of hydrogen-bond acceptors (Lipinski definition) is 2. The highest BCUT2D eigenvalue weighted by atomic mass is 16.1. The SMILES string of the molecule is CC(=O)c1cc(C2CCCCCC2)n(C)n1. The fraction of sp³-hybridized carbons (Fsp3) is 0.692. The number of carbonyl (C=O) groups is 1. The van der Waals surface area contributed by atoms with E-state index in [9.17, 15) is 4.79 Å². The third-order valence-corrected chi connectivity index (χ3v) is 3.55. The van der Waals surface area contributed by atoms with Crippen LogP contribution in [-0.2, 0) is 7.05 Å². The Morgan fingerprint density at radius 1 is 1.31 bits per heavy atom. The molecule has 0 N–H and O–H groups in total. The molecule has 0 amide bonds. The van der Waals surface area contributed by atoms with E-state index < -0.39 is 0 Å². The first-order valence-electron chi connectivity index (χ1n) is 6.23. The average Bonchev–Trinajstić information content (AvgIpc) is 2.50. The van der Waals surface area contributed by atoms with Crippen molar-refractivity contribution < 1.29 is 4.79 Å². The van der Waals surface area contributed by atoms with Crippen molar-refractivity contribution in [2.24, 2.45) is 7.05 Å². The molecule has 0 spiro atoms. The summed E-state index contributed by atoms with van der Waals surface area (Å²) in [6, 6.07) is 1.98. The summed E-state index contributed by atoms with van der Waals surface area (Å²) in [6.07, 6.45) is 7.83. The minimum absolute atomic E-state index is 0.0653. The van der Waals surface area contributed by atoms with E-state index in [1.54, 1.807) is 6.92 Å². The average molecular weight is 220 g/mol. The van der Waals surface area contributed by atoms with Gasteiger partial charge in [0.25, 0.3) is 0 Å². The van der Waals surface area contributed by atoms with Crippen LogP contribution in [0.3, 0.4) is 0 Å². The quantitative estimate of drug-likeness (QED) is 0.567. The Kier molecular flexibility index (Phi) is 3.42. The molecular formula is C13H20N2O. The molecule has 1 aliphatic rings. The number of nitrogens with zero attached hydrogens (tertiary/aromatic N) is 2. The van der Waals surface area contributed by atoms with Crippen LogP contribution < -0.4 is 0 Å². The standard InChI is InChI=1S/C13H20N2O/c1-10(16)12-9-13(15(2)14-12)11-7-5-3-4-6-8-11/h9,11H,3-8H2,1-2H3. The van der Waals surface area contributed by atoms with E-state index in [1.807, 2.05) is 17.8 Å². The lowest BCUT2D eigenvalue weighted by Crippen LogP contribution is -2.05. The van der Waals surface area contributed by atoms with Gasteiger partial charge < -0.3 is 0 Å². The second-order valence-electron chi connectivity index (χ2n) is 4.82. The van der Waals surface area contributed by atoms with Crippen LogP contribution in [0.25, 0.3) is 0 Å². The number of hydrogen-bond donors (Lipinski definition) is 0. The third kappa shape index (κ3) is 2.34. The van der Waals surface area contributed by atoms with E-state index in [1.165, 1.54) is 44.2 Å². The van der Waals surface area contributed by atoms with Gasteiger partial charge in [0.15, 0.2) is 5.78 Å². The molecule has 0 aliphatic heterocycles. The zero-order chi connectivity index (χ0) is 11.5. The molecule has 1 saturated carbocycles. The van der Waals surface area contributed by atoms with Gasteiger partial charge in [0, 0.05) is 25.6 Å². The number of aromatic nitrogens is 2. The van der Waals surface area contributed by atoms with E-state index in [0.29, 0.717) is 11.6 Å². The fourth-order valence-electron chi connectivity index (χ4n) is 2.61. The first kappa shape index (κ1) is 11.4. The van der Waals surface area contributed by atoms with Gasteiger partial charge in [-0.15, -0.1) is 0 Å². The minimum Gasteiger partial charge on any atom is -0.293 e. The van der Waals surface area contributed by atoms with Crippen molar-refractivity contribution in [1.29, 1.82) is 0 Å². The van der Waals surface area contributed by atoms with Crippen molar-refractivity contribution in [3.05, 3.63) is 17.5 Å². The Morgan fingerprint density at radius 2 is 1.94 bits per heavy atom. The summed E-state index contributed by atoms with van der Waals surface area (Å²) in [4.78, 5) is 11.3. The Bertz CT molecular complexity index is 373. The normalized spacial score (nSPS) is 18.4. The Balaban J connectivity index is 2.21. The largest absolute Gasteiger partial charge is 0.293 e. The van der Waals surface area contributed by atoms with E-state index in [4.69, 9.17) is 0 Å². The summed E-state index contributed by atoms with van der Waals surface area (Å²) in [6.45, 7) is 1.58. The van der Waals surface area contributed by atoms with Crippen molar-refractivity contribution in [2.45, 2.75) is 51.4 Å². The summed E-state index contributed by atoms with van der Waals surface area (Å²) in [5.74, 6) is 0.670. The van der Waals surface area contributed by atoms with Gasteiger partial charge in [0.1, 0.15) is 5.69 Å². The van der Waals surface area contributed by atoms with E-state index in [2.05, 4.69) is 5.10 Å². The highest BCUT2D eigenvalue weighted by Gasteiger charge is 2.19. The summed E-state index contributed by atoms with van der Waals surface area (Å²) < 4.78 is 1.90. The molecule has 1 aromatic rings. The molecule has 88 valence electrons. The first-order valence-corrected chi connectivity index (χ1v) is 6.23. The van der Waals surface area contributed by atoms with Crippen molar-refractivity contribution in [1.82, 2.24) is 9.78 Å². The van der Waals surface area contributed by atoms with E-state index in [0.717, 1.165) is 0 Å². The van der Waals surface area contributed by atoms with Crippen LogP contribution in [0.15, 0.2) is 6.07 Å². The van der Waals surface area contributed by atoms with Crippen LogP contribution in [0.1, 0.15) is 67.5 Å². The molecule has 3 heteroatoms. The van der Waals surface area contributed by atoms with Crippen LogP contribution >= 0.6 is 0 Å². The smallest absolute Gasteiger partial charge is 0.179 e. The molecule has 1 heterocycles. The molecule has 0 aromatic carbocycles. The number of Topliss-reactive ketones (excluding diaryl/α,β-unsaturated/α-hetero) is 1. The molecule has 16 heavy (non-hydrogen) atoms. The monoisotopic (exact) mass is 220 g/mol.